The molecule has 0 aromatic heterocycles. The zero-order chi connectivity index (χ0) is 14.0. The lowest BCUT2D eigenvalue weighted by molar-refractivity contribution is 0.624. The molecule has 0 fully saturated rings. The van der Waals surface area contributed by atoms with Crippen molar-refractivity contribution in [2.45, 2.75) is 17.7 Å². The van der Waals surface area contributed by atoms with E-state index in [9.17, 15) is 8.60 Å². The summed E-state index contributed by atoms with van der Waals surface area (Å²) in [5.74, 6) is -0.294. The zero-order valence-electron chi connectivity index (χ0n) is 10.9. The van der Waals surface area contributed by atoms with Crippen molar-refractivity contribution in [1.82, 2.24) is 0 Å². The molecule has 0 saturated heterocycles. The van der Waals surface area contributed by atoms with Crippen LogP contribution < -0.4 is 5.73 Å². The number of nitrogens with two attached hydrogens (primary N) is 1. The Morgan fingerprint density at radius 3 is 2.37 bits per heavy atom. The maximum Gasteiger partial charge on any atom is 0.123 e. The van der Waals surface area contributed by atoms with Gasteiger partial charge in [-0.15, -0.1) is 0 Å². The van der Waals surface area contributed by atoms with E-state index in [4.69, 9.17) is 5.73 Å². The molecule has 0 amide bonds. The molecule has 2 unspecified atom stereocenters. The van der Waals surface area contributed by atoms with Crippen molar-refractivity contribution in [1.29, 1.82) is 0 Å². The van der Waals surface area contributed by atoms with Crippen molar-refractivity contribution in [2.24, 2.45) is 0 Å². The second-order valence-corrected chi connectivity index (χ2v) is 5.90. The molecule has 0 aliphatic rings. The van der Waals surface area contributed by atoms with Crippen LogP contribution in [0.3, 0.4) is 0 Å². The Hall–Kier alpha value is -1.68. The monoisotopic (exact) mass is 277 g/mol. The van der Waals surface area contributed by atoms with Crippen molar-refractivity contribution in [3.63, 3.8) is 0 Å². The van der Waals surface area contributed by atoms with Gasteiger partial charge in [-0.05, 0) is 41.5 Å². The van der Waals surface area contributed by atoms with Gasteiger partial charge in [-0.1, -0.05) is 19.1 Å². The summed E-state index contributed by atoms with van der Waals surface area (Å²) in [7, 11) is -0.988. The minimum Gasteiger partial charge on any atom is -0.398 e. The van der Waals surface area contributed by atoms with Crippen LogP contribution in [0.1, 0.15) is 24.0 Å². The average Bonchev–Trinajstić information content (AvgIpc) is 2.41. The summed E-state index contributed by atoms with van der Waals surface area (Å²) < 4.78 is 24.6. The van der Waals surface area contributed by atoms with Crippen LogP contribution in [0.2, 0.25) is 0 Å². The van der Waals surface area contributed by atoms with E-state index in [0.29, 0.717) is 5.69 Å². The van der Waals surface area contributed by atoms with Gasteiger partial charge in [-0.2, -0.15) is 0 Å². The first-order valence-corrected chi connectivity index (χ1v) is 7.53. The number of benzene rings is 2. The lowest BCUT2D eigenvalue weighted by Crippen LogP contribution is -2.02. The summed E-state index contributed by atoms with van der Waals surface area (Å²) in [6, 6.07) is 11.9. The molecule has 4 heteroatoms. The van der Waals surface area contributed by atoms with Gasteiger partial charge in [0.05, 0.1) is 0 Å². The van der Waals surface area contributed by atoms with E-state index in [-0.39, 0.29) is 11.7 Å². The summed E-state index contributed by atoms with van der Waals surface area (Å²) in [6.07, 6.45) is 1.64. The number of hydrogen-bond acceptors (Lipinski definition) is 2. The van der Waals surface area contributed by atoms with Gasteiger partial charge in [-0.25, -0.2) is 4.39 Å². The number of rotatable bonds is 3. The van der Waals surface area contributed by atoms with Crippen molar-refractivity contribution < 1.29 is 8.60 Å². The first kappa shape index (κ1) is 13.7. The van der Waals surface area contributed by atoms with Crippen molar-refractivity contribution in [2.75, 3.05) is 12.0 Å². The highest BCUT2D eigenvalue weighted by Crippen LogP contribution is 2.29. The minimum absolute atomic E-state index is 0.00459. The molecular formula is C15H16FNOS. The van der Waals surface area contributed by atoms with Gasteiger partial charge in [0.15, 0.2) is 0 Å². The van der Waals surface area contributed by atoms with E-state index in [1.54, 1.807) is 12.3 Å². The van der Waals surface area contributed by atoms with Gasteiger partial charge < -0.3 is 5.73 Å². The van der Waals surface area contributed by atoms with E-state index < -0.39 is 10.8 Å². The molecule has 0 aliphatic carbocycles. The molecule has 2 atom stereocenters. The van der Waals surface area contributed by atoms with Gasteiger partial charge in [-0.3, -0.25) is 4.21 Å². The molecule has 100 valence electrons. The average molecular weight is 277 g/mol. The lowest BCUT2D eigenvalue weighted by Gasteiger charge is -2.15. The summed E-state index contributed by atoms with van der Waals surface area (Å²) >= 11 is 0. The van der Waals surface area contributed by atoms with Crippen LogP contribution in [0.5, 0.6) is 0 Å². The van der Waals surface area contributed by atoms with E-state index in [2.05, 4.69) is 0 Å². The third-order valence-corrected chi connectivity index (χ3v) is 4.16. The van der Waals surface area contributed by atoms with Crippen LogP contribution in [0.4, 0.5) is 10.1 Å². The standard InChI is InChI=1S/C15H16FNOS/c1-10(14-9-12(16)5-8-15(14)17)11-3-6-13(7-4-11)19(2)18/h3-10H,17H2,1-2H3. The van der Waals surface area contributed by atoms with Crippen molar-refractivity contribution >= 4 is 16.5 Å². The number of halogens is 1. The van der Waals surface area contributed by atoms with Crippen LogP contribution in [0.15, 0.2) is 47.4 Å². The molecule has 0 saturated carbocycles. The molecule has 0 aliphatic heterocycles. The predicted octanol–water partition coefficient (Wildman–Crippen LogP) is 3.30. The Morgan fingerprint density at radius 1 is 1.16 bits per heavy atom. The smallest absolute Gasteiger partial charge is 0.123 e. The van der Waals surface area contributed by atoms with E-state index in [0.717, 1.165) is 16.0 Å². The van der Waals surface area contributed by atoms with Crippen LogP contribution in [0, 0.1) is 5.82 Å². The Labute approximate surface area is 114 Å². The number of anilines is 1. The molecule has 2 nitrogen and oxygen atoms in total. The van der Waals surface area contributed by atoms with Gasteiger partial charge in [0.25, 0.3) is 0 Å². The fourth-order valence-corrected chi connectivity index (χ4v) is 2.57. The predicted molar refractivity (Wildman–Crippen MR) is 77.1 cm³/mol. The first-order chi connectivity index (χ1) is 8.99. The maximum absolute atomic E-state index is 13.3. The molecule has 0 spiro atoms. The molecule has 2 N–H and O–H groups in total. The normalized spacial score (nSPS) is 14.1. The van der Waals surface area contributed by atoms with Crippen molar-refractivity contribution in [3.05, 3.63) is 59.4 Å². The Morgan fingerprint density at radius 2 is 1.79 bits per heavy atom. The van der Waals surface area contributed by atoms with Gasteiger partial charge in [0, 0.05) is 33.6 Å². The SMILES string of the molecule is CC(c1ccc(S(C)=O)cc1)c1cc(F)ccc1N. The quantitative estimate of drug-likeness (QED) is 0.875. The fraction of sp³-hybridized carbons (Fsp3) is 0.200. The summed E-state index contributed by atoms with van der Waals surface area (Å²) in [5.41, 5.74) is 8.26. The Bertz CT molecular complexity index is 610. The molecule has 2 aromatic rings. The van der Waals surface area contributed by atoms with Crippen LogP contribution in [-0.2, 0) is 10.8 Å². The number of hydrogen-bond donors (Lipinski definition) is 1. The molecule has 0 bridgehead atoms. The topological polar surface area (TPSA) is 43.1 Å². The third kappa shape index (κ3) is 3.01. The lowest BCUT2D eigenvalue weighted by atomic mass is 9.92. The molecule has 0 heterocycles. The van der Waals surface area contributed by atoms with Gasteiger partial charge >= 0.3 is 0 Å². The summed E-state index contributed by atoms with van der Waals surface area (Å²) in [5, 5.41) is 0. The molecule has 0 radical (unpaired) electrons. The van der Waals surface area contributed by atoms with E-state index in [1.807, 2.05) is 31.2 Å². The highest BCUT2D eigenvalue weighted by atomic mass is 32.2. The Kier molecular flexibility index (Phi) is 4.00. The van der Waals surface area contributed by atoms with Crippen LogP contribution in [-0.4, -0.2) is 10.5 Å². The highest BCUT2D eigenvalue weighted by Gasteiger charge is 2.12. The molecule has 19 heavy (non-hydrogen) atoms. The first-order valence-electron chi connectivity index (χ1n) is 5.97. The second kappa shape index (κ2) is 5.53. The largest absolute Gasteiger partial charge is 0.398 e. The fourth-order valence-electron chi connectivity index (χ4n) is 2.05. The highest BCUT2D eigenvalue weighted by molar-refractivity contribution is 7.84. The van der Waals surface area contributed by atoms with E-state index >= 15 is 0 Å². The third-order valence-electron chi connectivity index (χ3n) is 3.23. The summed E-state index contributed by atoms with van der Waals surface area (Å²) in [6.45, 7) is 1.98. The minimum atomic E-state index is -0.988. The molecule has 2 rings (SSSR count). The van der Waals surface area contributed by atoms with Gasteiger partial charge in [0.2, 0.25) is 0 Å². The molecular weight excluding hydrogens is 261 g/mol. The van der Waals surface area contributed by atoms with Crippen LogP contribution in [0.25, 0.3) is 0 Å². The van der Waals surface area contributed by atoms with Gasteiger partial charge in [0.1, 0.15) is 5.82 Å². The van der Waals surface area contributed by atoms with Crippen LogP contribution >= 0.6 is 0 Å². The van der Waals surface area contributed by atoms with Crippen molar-refractivity contribution in [3.8, 4) is 0 Å². The maximum atomic E-state index is 13.3. The number of nitrogen functional groups attached to an aromatic ring is 1. The molecule has 2 aromatic carbocycles. The zero-order valence-corrected chi connectivity index (χ0v) is 11.7. The summed E-state index contributed by atoms with van der Waals surface area (Å²) in [4.78, 5) is 0.781. The second-order valence-electron chi connectivity index (χ2n) is 4.52. The van der Waals surface area contributed by atoms with E-state index in [1.165, 1.54) is 12.1 Å². The Balaban J connectivity index is 2.35.